The van der Waals surface area contributed by atoms with E-state index in [0.717, 1.165) is 20.7 Å². The third-order valence-corrected chi connectivity index (χ3v) is 4.71. The first-order valence-corrected chi connectivity index (χ1v) is 7.66. The lowest BCUT2D eigenvalue weighted by molar-refractivity contribution is 0.116. The Morgan fingerprint density at radius 3 is 2.32 bits per heavy atom. The fourth-order valence-electron chi connectivity index (χ4n) is 2.02. The number of thiazole rings is 1. The summed E-state index contributed by atoms with van der Waals surface area (Å²) in [5.74, 6) is 0. The highest BCUT2D eigenvalue weighted by atomic mass is 79.9. The molecule has 0 aliphatic rings. The van der Waals surface area contributed by atoms with Gasteiger partial charge in [-0.25, -0.2) is 4.98 Å². The van der Waals surface area contributed by atoms with Crippen LogP contribution in [0.4, 0.5) is 0 Å². The van der Waals surface area contributed by atoms with Crippen LogP contribution in [0, 0.1) is 6.92 Å². The Bertz CT molecular complexity index is 535. The summed E-state index contributed by atoms with van der Waals surface area (Å²) in [5, 5.41) is 22.5. The summed E-state index contributed by atoms with van der Waals surface area (Å²) >= 11 is 4.95. The van der Waals surface area contributed by atoms with E-state index in [4.69, 9.17) is 0 Å². The van der Waals surface area contributed by atoms with Crippen LogP contribution in [0.2, 0.25) is 0 Å². The van der Waals surface area contributed by atoms with Gasteiger partial charge in [0, 0.05) is 27.4 Å². The van der Waals surface area contributed by atoms with Gasteiger partial charge in [0.05, 0.1) is 18.2 Å². The van der Waals surface area contributed by atoms with Gasteiger partial charge in [-0.1, -0.05) is 28.1 Å². The second kappa shape index (κ2) is 6.13. The number of nitrogens with zero attached hydrogens (tertiary/aromatic N) is 1. The zero-order valence-electron chi connectivity index (χ0n) is 10.6. The third kappa shape index (κ3) is 3.23. The monoisotopic (exact) mass is 341 g/mol. The van der Waals surface area contributed by atoms with E-state index in [1.807, 2.05) is 36.6 Å². The molecule has 2 N–H and O–H groups in total. The smallest absolute Gasteiger partial charge is 0.0938 e. The maximum absolute atomic E-state index is 9.77. The zero-order chi connectivity index (χ0) is 13.9. The summed E-state index contributed by atoms with van der Waals surface area (Å²) < 4.78 is 0.978. The molecule has 0 aliphatic carbocycles. The number of aryl methyl sites for hydroxylation is 1. The van der Waals surface area contributed by atoms with Crippen LogP contribution >= 0.6 is 27.3 Å². The van der Waals surface area contributed by atoms with Gasteiger partial charge >= 0.3 is 0 Å². The van der Waals surface area contributed by atoms with E-state index in [2.05, 4.69) is 20.9 Å². The number of aliphatic hydroxyl groups excluding tert-OH is 2. The van der Waals surface area contributed by atoms with Gasteiger partial charge in [0.25, 0.3) is 0 Å². The van der Waals surface area contributed by atoms with Crippen LogP contribution in [0.25, 0.3) is 0 Å². The third-order valence-electron chi connectivity index (χ3n) is 3.22. The minimum atomic E-state index is -0.676. The van der Waals surface area contributed by atoms with Crippen LogP contribution in [0.1, 0.15) is 16.3 Å². The molecule has 0 spiro atoms. The molecule has 1 aromatic heterocycles. The highest BCUT2D eigenvalue weighted by molar-refractivity contribution is 9.10. The largest absolute Gasteiger partial charge is 0.395 e. The van der Waals surface area contributed by atoms with Crippen LogP contribution in [-0.4, -0.2) is 28.4 Å². The normalized spacial score (nSPS) is 11.8. The van der Waals surface area contributed by atoms with E-state index in [1.165, 1.54) is 0 Å². The highest BCUT2D eigenvalue weighted by Gasteiger charge is 2.32. The van der Waals surface area contributed by atoms with Crippen molar-refractivity contribution in [1.29, 1.82) is 0 Å². The van der Waals surface area contributed by atoms with Gasteiger partial charge in [0.15, 0.2) is 0 Å². The zero-order valence-corrected chi connectivity index (χ0v) is 13.0. The van der Waals surface area contributed by atoms with Crippen LogP contribution in [0.5, 0.6) is 0 Å². The SMILES string of the molecule is Cc1csc(CC(CO)(CO)c2ccc(Br)cc2)n1. The number of halogens is 1. The van der Waals surface area contributed by atoms with Gasteiger partial charge in [0.1, 0.15) is 0 Å². The van der Waals surface area contributed by atoms with E-state index < -0.39 is 5.41 Å². The summed E-state index contributed by atoms with van der Waals surface area (Å²) in [4.78, 5) is 4.42. The molecule has 0 aliphatic heterocycles. The van der Waals surface area contributed by atoms with E-state index in [-0.39, 0.29) is 13.2 Å². The maximum atomic E-state index is 9.77. The Morgan fingerprint density at radius 2 is 1.84 bits per heavy atom. The molecule has 0 fully saturated rings. The van der Waals surface area contributed by atoms with Crippen molar-refractivity contribution in [2.45, 2.75) is 18.8 Å². The predicted octanol–water partition coefficient (Wildman–Crippen LogP) is 2.68. The lowest BCUT2D eigenvalue weighted by Crippen LogP contribution is -2.37. The molecule has 2 aromatic rings. The number of benzene rings is 1. The molecule has 3 nitrogen and oxygen atoms in total. The molecule has 0 saturated heterocycles. The van der Waals surface area contributed by atoms with Crippen molar-refractivity contribution in [3.63, 3.8) is 0 Å². The van der Waals surface area contributed by atoms with Crippen molar-refractivity contribution in [2.24, 2.45) is 0 Å². The summed E-state index contributed by atoms with van der Waals surface area (Å²) in [6.07, 6.45) is 0.542. The van der Waals surface area contributed by atoms with Crippen molar-refractivity contribution in [2.75, 3.05) is 13.2 Å². The summed E-state index contributed by atoms with van der Waals surface area (Å²) in [6.45, 7) is 1.73. The first-order chi connectivity index (χ1) is 9.09. The van der Waals surface area contributed by atoms with Gasteiger partial charge < -0.3 is 10.2 Å². The van der Waals surface area contributed by atoms with Crippen LogP contribution in [0.3, 0.4) is 0 Å². The minimum absolute atomic E-state index is 0.107. The van der Waals surface area contributed by atoms with Gasteiger partial charge in [0.2, 0.25) is 0 Å². The van der Waals surface area contributed by atoms with Crippen molar-refractivity contribution in [1.82, 2.24) is 4.98 Å². The Kier molecular flexibility index (Phi) is 4.73. The van der Waals surface area contributed by atoms with Gasteiger partial charge in [-0.05, 0) is 24.6 Å². The molecule has 0 saturated carbocycles. The molecule has 0 unspecified atom stereocenters. The highest BCUT2D eigenvalue weighted by Crippen LogP contribution is 2.30. The average molecular weight is 342 g/mol. The number of hydrogen-bond donors (Lipinski definition) is 2. The molecule has 2 rings (SSSR count). The second-order valence-corrected chi connectivity index (χ2v) is 6.52. The molecule has 19 heavy (non-hydrogen) atoms. The molecular formula is C14H16BrNO2S. The van der Waals surface area contributed by atoms with Crippen LogP contribution in [0.15, 0.2) is 34.1 Å². The van der Waals surface area contributed by atoms with Crippen molar-refractivity contribution in [3.8, 4) is 0 Å². The van der Waals surface area contributed by atoms with E-state index >= 15 is 0 Å². The Morgan fingerprint density at radius 1 is 1.21 bits per heavy atom. The van der Waals surface area contributed by atoms with Crippen molar-refractivity contribution in [3.05, 3.63) is 50.4 Å². The Balaban J connectivity index is 2.33. The summed E-state index contributed by atoms with van der Waals surface area (Å²) in [6, 6.07) is 7.69. The number of hydrogen-bond acceptors (Lipinski definition) is 4. The molecule has 0 bridgehead atoms. The molecule has 0 atom stereocenters. The Hall–Kier alpha value is -0.750. The number of aromatic nitrogens is 1. The fraction of sp³-hybridized carbons (Fsp3) is 0.357. The topological polar surface area (TPSA) is 53.4 Å². The first-order valence-electron chi connectivity index (χ1n) is 5.98. The summed E-state index contributed by atoms with van der Waals surface area (Å²) in [5.41, 5.74) is 1.22. The van der Waals surface area contributed by atoms with Gasteiger partial charge in [-0.2, -0.15) is 0 Å². The lowest BCUT2D eigenvalue weighted by Gasteiger charge is -2.29. The Labute approximate surface area is 125 Å². The predicted molar refractivity (Wildman–Crippen MR) is 80.5 cm³/mol. The average Bonchev–Trinajstić information content (AvgIpc) is 2.82. The maximum Gasteiger partial charge on any atom is 0.0938 e. The van der Waals surface area contributed by atoms with Gasteiger partial charge in [-0.15, -0.1) is 11.3 Å². The molecule has 0 radical (unpaired) electrons. The molecule has 0 amide bonds. The molecule has 1 aromatic carbocycles. The fourth-order valence-corrected chi connectivity index (χ4v) is 3.20. The van der Waals surface area contributed by atoms with Crippen LogP contribution < -0.4 is 0 Å². The van der Waals surface area contributed by atoms with E-state index in [0.29, 0.717) is 6.42 Å². The quantitative estimate of drug-likeness (QED) is 0.878. The molecular weight excluding hydrogens is 326 g/mol. The van der Waals surface area contributed by atoms with Crippen LogP contribution in [-0.2, 0) is 11.8 Å². The molecule has 102 valence electrons. The second-order valence-electron chi connectivity index (χ2n) is 4.66. The van der Waals surface area contributed by atoms with E-state index in [1.54, 1.807) is 11.3 Å². The van der Waals surface area contributed by atoms with Crippen molar-refractivity contribution < 1.29 is 10.2 Å². The number of rotatable bonds is 5. The summed E-state index contributed by atoms with van der Waals surface area (Å²) in [7, 11) is 0. The molecule has 5 heteroatoms. The van der Waals surface area contributed by atoms with E-state index in [9.17, 15) is 10.2 Å². The lowest BCUT2D eigenvalue weighted by atomic mass is 9.79. The first kappa shape index (κ1) is 14.7. The molecule has 1 heterocycles. The van der Waals surface area contributed by atoms with Gasteiger partial charge in [-0.3, -0.25) is 0 Å². The van der Waals surface area contributed by atoms with Crippen molar-refractivity contribution >= 4 is 27.3 Å². The standard InChI is InChI=1S/C14H16BrNO2S/c1-10-7-19-13(16-10)6-14(8-17,9-18)11-2-4-12(15)5-3-11/h2-5,7,17-18H,6,8-9H2,1H3. The minimum Gasteiger partial charge on any atom is -0.395 e. The number of aliphatic hydroxyl groups is 2.